The molecule has 1 heterocycles. The fourth-order valence-corrected chi connectivity index (χ4v) is 6.25. The maximum atomic E-state index is 12.5. The first-order chi connectivity index (χ1) is 18.1. The summed E-state index contributed by atoms with van der Waals surface area (Å²) in [6.07, 6.45) is 4.58. The molecule has 0 aliphatic carbocycles. The lowest BCUT2D eigenvalue weighted by molar-refractivity contribution is 0.0954. The molecule has 0 spiro atoms. The molecule has 0 radical (unpaired) electrons. The van der Waals surface area contributed by atoms with E-state index in [1.807, 2.05) is 30.6 Å². The second-order valence-electron chi connectivity index (χ2n) is 8.61. The van der Waals surface area contributed by atoms with Crippen LogP contribution in [0.5, 0.6) is 0 Å². The van der Waals surface area contributed by atoms with Crippen LogP contribution in [0, 0.1) is 3.57 Å². The molecule has 0 saturated carbocycles. The molecule has 6 heteroatoms. The number of nitrogens with one attached hydrogen (secondary N) is 1. The van der Waals surface area contributed by atoms with Gasteiger partial charge in [0.1, 0.15) is 11.1 Å². The van der Waals surface area contributed by atoms with Gasteiger partial charge in [0, 0.05) is 28.3 Å². The van der Waals surface area contributed by atoms with Crippen molar-refractivity contribution >= 4 is 40.4 Å². The molecule has 0 aliphatic heterocycles. The van der Waals surface area contributed by atoms with Crippen molar-refractivity contribution in [1.82, 2.24) is 14.3 Å². The maximum absolute atomic E-state index is 12.5. The molecule has 37 heavy (non-hydrogen) atoms. The summed E-state index contributed by atoms with van der Waals surface area (Å²) in [6.45, 7) is 0.521. The number of rotatable bonds is 9. The van der Waals surface area contributed by atoms with E-state index in [1.54, 1.807) is 11.9 Å². The number of aromatic nitrogens is 2. The van der Waals surface area contributed by atoms with Gasteiger partial charge in [-0.3, -0.25) is 8.77 Å². The van der Waals surface area contributed by atoms with E-state index < -0.39 is 4.75 Å². The molecule has 1 amide bonds. The highest BCUT2D eigenvalue weighted by atomic mass is 127. The van der Waals surface area contributed by atoms with Gasteiger partial charge in [-0.05, 0) is 69.4 Å². The molecule has 4 nitrogen and oxygen atoms in total. The Kier molecular flexibility index (Phi) is 8.06. The minimum atomic E-state index is -0.472. The molecule has 1 aromatic heterocycles. The van der Waals surface area contributed by atoms with Crippen molar-refractivity contribution in [2.24, 2.45) is 0 Å². The Morgan fingerprint density at radius 2 is 1.38 bits per heavy atom. The van der Waals surface area contributed by atoms with E-state index in [0.29, 0.717) is 18.5 Å². The Balaban J connectivity index is 1.40. The summed E-state index contributed by atoms with van der Waals surface area (Å²) in [4.78, 5) is 17.2. The van der Waals surface area contributed by atoms with E-state index in [0.717, 1.165) is 9.26 Å². The summed E-state index contributed by atoms with van der Waals surface area (Å²) in [6, 6.07) is 39.4. The van der Waals surface area contributed by atoms with Crippen molar-refractivity contribution in [1.29, 1.82) is 0 Å². The maximum Gasteiger partial charge on any atom is 0.251 e. The molecule has 0 aliphatic rings. The molecular weight excluding hydrogens is 589 g/mol. The molecule has 0 saturated heterocycles. The number of imidazole rings is 1. The van der Waals surface area contributed by atoms with Crippen LogP contribution in [-0.4, -0.2) is 21.4 Å². The monoisotopic (exact) mass is 615 g/mol. The van der Waals surface area contributed by atoms with Crippen LogP contribution in [0.15, 0.2) is 128 Å². The van der Waals surface area contributed by atoms with E-state index in [1.165, 1.54) is 16.7 Å². The van der Waals surface area contributed by atoms with Crippen LogP contribution in [0.1, 0.15) is 32.7 Å². The molecule has 0 atom stereocenters. The molecule has 1 N–H and O–H groups in total. The average Bonchev–Trinajstić information content (AvgIpc) is 3.40. The third-order valence-corrected chi connectivity index (χ3v) is 8.21. The normalized spacial score (nSPS) is 11.3. The zero-order valence-corrected chi connectivity index (χ0v) is 23.1. The van der Waals surface area contributed by atoms with Crippen LogP contribution in [0.3, 0.4) is 0 Å². The zero-order valence-electron chi connectivity index (χ0n) is 20.1. The van der Waals surface area contributed by atoms with Crippen LogP contribution < -0.4 is 5.32 Å². The summed E-state index contributed by atoms with van der Waals surface area (Å²) < 4.78 is 2.66. The smallest absolute Gasteiger partial charge is 0.251 e. The van der Waals surface area contributed by atoms with Gasteiger partial charge in [0.05, 0.1) is 5.69 Å². The van der Waals surface area contributed by atoms with Gasteiger partial charge >= 0.3 is 0 Å². The third kappa shape index (κ3) is 5.81. The lowest BCUT2D eigenvalue weighted by atomic mass is 9.84. The van der Waals surface area contributed by atoms with Crippen LogP contribution in [0.25, 0.3) is 0 Å². The second-order valence-corrected chi connectivity index (χ2v) is 11.1. The Bertz CT molecular complexity index is 1360. The number of hydrogen-bond acceptors (Lipinski definition) is 3. The highest BCUT2D eigenvalue weighted by Gasteiger charge is 2.38. The van der Waals surface area contributed by atoms with Crippen molar-refractivity contribution < 1.29 is 4.79 Å². The number of halogens is 1. The van der Waals surface area contributed by atoms with Gasteiger partial charge < -0.3 is 5.32 Å². The highest BCUT2D eigenvalue weighted by Crippen LogP contribution is 2.48. The van der Waals surface area contributed by atoms with Gasteiger partial charge in [0.25, 0.3) is 5.91 Å². The molecule has 0 bridgehead atoms. The van der Waals surface area contributed by atoms with Gasteiger partial charge in [-0.2, -0.15) is 0 Å². The molecule has 0 fully saturated rings. The lowest BCUT2D eigenvalue weighted by Crippen LogP contribution is -2.27. The summed E-state index contributed by atoms with van der Waals surface area (Å²) in [5.74, 6) is -0.0661. The van der Waals surface area contributed by atoms with Crippen molar-refractivity contribution in [3.8, 4) is 0 Å². The minimum Gasteiger partial charge on any atom is -0.352 e. The third-order valence-electron chi connectivity index (χ3n) is 6.15. The SMILES string of the molecule is O=C(NCCc1cn(SC(c2ccccc2)(c2ccccc2)c2ccccc2)cn1)c1cccc(I)c1. The minimum absolute atomic E-state index is 0.0661. The standard InChI is InChI=1S/C31H26IN3OS/c32-28-18-10-11-24(21-28)30(36)33-20-19-29-22-35(23-34-29)37-31(25-12-4-1-5-13-25,26-14-6-2-7-15-26)27-16-8-3-9-17-27/h1-18,21-23H,19-20H2,(H,33,36). The predicted octanol–water partition coefficient (Wildman–Crippen LogP) is 6.95. The number of hydrogen-bond donors (Lipinski definition) is 1. The fraction of sp³-hybridized carbons (Fsp3) is 0.0968. The van der Waals surface area contributed by atoms with Gasteiger partial charge in [0.2, 0.25) is 0 Å². The number of nitrogens with zero attached hydrogens (tertiary/aromatic N) is 2. The summed E-state index contributed by atoms with van der Waals surface area (Å²) in [5.41, 5.74) is 5.18. The lowest BCUT2D eigenvalue weighted by Gasteiger charge is -2.35. The van der Waals surface area contributed by atoms with E-state index >= 15 is 0 Å². The number of carbonyl (C=O) groups excluding carboxylic acids is 1. The van der Waals surface area contributed by atoms with E-state index in [9.17, 15) is 4.79 Å². The largest absolute Gasteiger partial charge is 0.352 e. The first-order valence-electron chi connectivity index (χ1n) is 12.1. The van der Waals surface area contributed by atoms with E-state index in [-0.39, 0.29) is 5.91 Å². The Morgan fingerprint density at radius 1 is 0.811 bits per heavy atom. The van der Waals surface area contributed by atoms with Crippen molar-refractivity contribution in [2.75, 3.05) is 6.54 Å². The van der Waals surface area contributed by atoms with Crippen LogP contribution >= 0.6 is 34.5 Å². The first kappa shape index (κ1) is 25.3. The highest BCUT2D eigenvalue weighted by molar-refractivity contribution is 14.1. The number of benzene rings is 4. The molecule has 5 rings (SSSR count). The molecule has 0 unspecified atom stereocenters. The summed E-state index contributed by atoms with van der Waals surface area (Å²) >= 11 is 3.94. The Hall–Kier alpha value is -3.36. The fourth-order valence-electron chi connectivity index (χ4n) is 4.39. The summed E-state index contributed by atoms with van der Waals surface area (Å²) in [7, 11) is 0. The average molecular weight is 616 g/mol. The van der Waals surface area contributed by atoms with Crippen LogP contribution in [0.4, 0.5) is 0 Å². The first-order valence-corrected chi connectivity index (χ1v) is 13.9. The van der Waals surface area contributed by atoms with Crippen molar-refractivity contribution in [3.63, 3.8) is 0 Å². The molecule has 184 valence electrons. The van der Waals surface area contributed by atoms with E-state index in [2.05, 4.69) is 134 Å². The van der Waals surface area contributed by atoms with Gasteiger partial charge in [-0.15, -0.1) is 0 Å². The quantitative estimate of drug-likeness (QED) is 0.144. The van der Waals surface area contributed by atoms with Crippen molar-refractivity contribution in [2.45, 2.75) is 11.2 Å². The molecular formula is C31H26IN3OS. The van der Waals surface area contributed by atoms with E-state index in [4.69, 9.17) is 0 Å². The van der Waals surface area contributed by atoms with Gasteiger partial charge in [-0.1, -0.05) is 97.1 Å². The topological polar surface area (TPSA) is 46.9 Å². The number of carbonyl (C=O) groups is 1. The van der Waals surface area contributed by atoms with Crippen LogP contribution in [-0.2, 0) is 11.2 Å². The van der Waals surface area contributed by atoms with Crippen molar-refractivity contribution in [3.05, 3.63) is 159 Å². The Morgan fingerprint density at radius 3 is 1.92 bits per heavy atom. The second kappa shape index (κ2) is 11.8. The zero-order chi connectivity index (χ0) is 25.5. The van der Waals surface area contributed by atoms with Crippen LogP contribution in [0.2, 0.25) is 0 Å². The van der Waals surface area contributed by atoms with Gasteiger partial charge in [-0.25, -0.2) is 4.98 Å². The molecule has 4 aromatic carbocycles. The Labute approximate surface area is 235 Å². The predicted molar refractivity (Wildman–Crippen MR) is 160 cm³/mol. The molecule has 5 aromatic rings. The number of amides is 1. The summed E-state index contributed by atoms with van der Waals surface area (Å²) in [5, 5.41) is 3.01. The van der Waals surface area contributed by atoms with Gasteiger partial charge in [0.15, 0.2) is 0 Å².